The molecule has 0 aromatic heterocycles. The average Bonchev–Trinajstić information content (AvgIpc) is 2.63. The van der Waals surface area contributed by atoms with Crippen molar-refractivity contribution in [2.45, 2.75) is 59.5 Å². The van der Waals surface area contributed by atoms with Crippen LogP contribution in [0, 0.1) is 11.3 Å². The molecule has 1 saturated heterocycles. The minimum atomic E-state index is -0.433. The number of carbonyl (C=O) groups excluding carboxylic acids is 1. The number of amides is 1. The SMILES string of the molecule is CCC(CC)(CN)C(=O)NCc1ccccc1CN1CCCC(C)C1. The van der Waals surface area contributed by atoms with Crippen LogP contribution in [0.25, 0.3) is 0 Å². The maximum Gasteiger partial charge on any atom is 0.227 e. The summed E-state index contributed by atoms with van der Waals surface area (Å²) in [5.41, 5.74) is 8.00. The van der Waals surface area contributed by atoms with Gasteiger partial charge in [-0.3, -0.25) is 9.69 Å². The molecule has 1 aromatic carbocycles. The van der Waals surface area contributed by atoms with Gasteiger partial charge >= 0.3 is 0 Å². The molecule has 1 aliphatic heterocycles. The molecule has 2 rings (SSSR count). The monoisotopic (exact) mass is 345 g/mol. The normalized spacial score (nSPS) is 19.0. The summed E-state index contributed by atoms with van der Waals surface area (Å²) in [7, 11) is 0. The van der Waals surface area contributed by atoms with Crippen LogP contribution in [0.4, 0.5) is 0 Å². The Morgan fingerprint density at radius 2 is 1.96 bits per heavy atom. The van der Waals surface area contributed by atoms with Crippen molar-refractivity contribution in [1.29, 1.82) is 0 Å². The predicted octanol–water partition coefficient (Wildman–Crippen LogP) is 3.30. The van der Waals surface area contributed by atoms with Crippen LogP contribution in [0.15, 0.2) is 24.3 Å². The van der Waals surface area contributed by atoms with Crippen molar-refractivity contribution in [2.24, 2.45) is 17.1 Å². The Balaban J connectivity index is 2.01. The van der Waals surface area contributed by atoms with Gasteiger partial charge in [-0.25, -0.2) is 0 Å². The largest absolute Gasteiger partial charge is 0.351 e. The molecule has 0 saturated carbocycles. The number of benzene rings is 1. The van der Waals surface area contributed by atoms with Gasteiger partial charge < -0.3 is 11.1 Å². The molecule has 1 aromatic rings. The maximum atomic E-state index is 12.7. The number of nitrogens with one attached hydrogen (secondary N) is 1. The van der Waals surface area contributed by atoms with Gasteiger partial charge in [0, 0.05) is 26.2 Å². The zero-order chi connectivity index (χ0) is 18.3. The molecular formula is C21H35N3O. The zero-order valence-corrected chi connectivity index (χ0v) is 16.2. The summed E-state index contributed by atoms with van der Waals surface area (Å²) < 4.78 is 0. The molecule has 1 amide bonds. The highest BCUT2D eigenvalue weighted by Crippen LogP contribution is 2.25. The highest BCUT2D eigenvalue weighted by Gasteiger charge is 2.33. The van der Waals surface area contributed by atoms with Gasteiger partial charge in [-0.05, 0) is 49.3 Å². The van der Waals surface area contributed by atoms with Crippen LogP contribution in [0.5, 0.6) is 0 Å². The van der Waals surface area contributed by atoms with E-state index in [4.69, 9.17) is 5.73 Å². The number of nitrogens with zero attached hydrogens (tertiary/aromatic N) is 1. The molecular weight excluding hydrogens is 310 g/mol. The number of piperidine rings is 1. The van der Waals surface area contributed by atoms with Crippen LogP contribution < -0.4 is 11.1 Å². The van der Waals surface area contributed by atoms with E-state index < -0.39 is 5.41 Å². The number of hydrogen-bond acceptors (Lipinski definition) is 3. The fourth-order valence-corrected chi connectivity index (χ4v) is 3.87. The number of rotatable bonds is 8. The first kappa shape index (κ1) is 19.9. The smallest absolute Gasteiger partial charge is 0.227 e. The van der Waals surface area contributed by atoms with E-state index in [1.807, 2.05) is 13.8 Å². The Hall–Kier alpha value is -1.39. The third-order valence-corrected chi connectivity index (χ3v) is 5.92. The Morgan fingerprint density at radius 3 is 2.56 bits per heavy atom. The summed E-state index contributed by atoms with van der Waals surface area (Å²) in [4.78, 5) is 15.2. The highest BCUT2D eigenvalue weighted by molar-refractivity contribution is 5.82. The Bertz CT molecular complexity index is 546. The zero-order valence-electron chi connectivity index (χ0n) is 16.2. The van der Waals surface area contributed by atoms with Crippen molar-refractivity contribution in [3.8, 4) is 0 Å². The van der Waals surface area contributed by atoms with Gasteiger partial charge in [0.25, 0.3) is 0 Å². The predicted molar refractivity (Wildman–Crippen MR) is 104 cm³/mol. The van der Waals surface area contributed by atoms with E-state index in [0.29, 0.717) is 13.1 Å². The Labute approximate surface area is 153 Å². The second kappa shape index (κ2) is 9.35. The van der Waals surface area contributed by atoms with E-state index in [9.17, 15) is 4.79 Å². The molecule has 25 heavy (non-hydrogen) atoms. The van der Waals surface area contributed by atoms with Gasteiger partial charge in [0.05, 0.1) is 5.41 Å². The van der Waals surface area contributed by atoms with Crippen molar-refractivity contribution in [1.82, 2.24) is 10.2 Å². The summed E-state index contributed by atoms with van der Waals surface area (Å²) in [5, 5.41) is 3.14. The summed E-state index contributed by atoms with van der Waals surface area (Å²) in [6, 6.07) is 8.47. The van der Waals surface area contributed by atoms with Crippen molar-refractivity contribution < 1.29 is 4.79 Å². The molecule has 0 aliphatic carbocycles. The van der Waals surface area contributed by atoms with Crippen LogP contribution in [-0.2, 0) is 17.9 Å². The van der Waals surface area contributed by atoms with Crippen molar-refractivity contribution >= 4 is 5.91 Å². The standard InChI is InChI=1S/C21H35N3O/c1-4-21(5-2,16-22)20(25)23-13-18-10-6-7-11-19(18)15-24-12-8-9-17(3)14-24/h6-7,10-11,17H,4-5,8-9,12-16,22H2,1-3H3,(H,23,25). The van der Waals surface area contributed by atoms with E-state index in [1.165, 1.54) is 37.1 Å². The third-order valence-electron chi connectivity index (χ3n) is 5.92. The van der Waals surface area contributed by atoms with E-state index in [2.05, 4.69) is 41.4 Å². The van der Waals surface area contributed by atoms with E-state index >= 15 is 0 Å². The quantitative estimate of drug-likeness (QED) is 0.760. The van der Waals surface area contributed by atoms with Gasteiger partial charge in [-0.15, -0.1) is 0 Å². The fourth-order valence-electron chi connectivity index (χ4n) is 3.87. The molecule has 0 bridgehead atoms. The number of nitrogens with two attached hydrogens (primary N) is 1. The van der Waals surface area contributed by atoms with E-state index in [0.717, 1.165) is 25.3 Å². The Kier molecular flexibility index (Phi) is 7.45. The lowest BCUT2D eigenvalue weighted by Crippen LogP contribution is -2.45. The Morgan fingerprint density at radius 1 is 1.28 bits per heavy atom. The van der Waals surface area contributed by atoms with Crippen LogP contribution >= 0.6 is 0 Å². The average molecular weight is 346 g/mol. The molecule has 1 atom stereocenters. The molecule has 0 spiro atoms. The van der Waals surface area contributed by atoms with Crippen LogP contribution in [0.2, 0.25) is 0 Å². The lowest BCUT2D eigenvalue weighted by molar-refractivity contribution is -0.131. The van der Waals surface area contributed by atoms with Crippen LogP contribution in [0.1, 0.15) is 57.6 Å². The molecule has 1 aliphatic rings. The molecule has 4 nitrogen and oxygen atoms in total. The van der Waals surface area contributed by atoms with Crippen molar-refractivity contribution in [3.63, 3.8) is 0 Å². The molecule has 0 radical (unpaired) electrons. The summed E-state index contributed by atoms with van der Waals surface area (Å²) >= 11 is 0. The van der Waals surface area contributed by atoms with Gasteiger partial charge in [-0.2, -0.15) is 0 Å². The molecule has 1 unspecified atom stereocenters. The van der Waals surface area contributed by atoms with Gasteiger partial charge in [0.1, 0.15) is 0 Å². The van der Waals surface area contributed by atoms with E-state index in [-0.39, 0.29) is 5.91 Å². The maximum absolute atomic E-state index is 12.7. The second-order valence-corrected chi connectivity index (χ2v) is 7.63. The molecule has 1 fully saturated rings. The molecule has 4 heteroatoms. The summed E-state index contributed by atoms with van der Waals surface area (Å²) in [6.45, 7) is 10.7. The topological polar surface area (TPSA) is 58.4 Å². The molecule has 140 valence electrons. The highest BCUT2D eigenvalue weighted by atomic mass is 16.2. The number of hydrogen-bond donors (Lipinski definition) is 2. The number of carbonyl (C=O) groups is 1. The lowest BCUT2D eigenvalue weighted by atomic mass is 9.81. The first-order valence-corrected chi connectivity index (χ1v) is 9.82. The van der Waals surface area contributed by atoms with E-state index in [1.54, 1.807) is 0 Å². The van der Waals surface area contributed by atoms with Crippen molar-refractivity contribution in [3.05, 3.63) is 35.4 Å². The van der Waals surface area contributed by atoms with Crippen LogP contribution in [0.3, 0.4) is 0 Å². The molecule has 1 heterocycles. The van der Waals surface area contributed by atoms with Crippen LogP contribution in [-0.4, -0.2) is 30.4 Å². The first-order chi connectivity index (χ1) is 12.0. The third kappa shape index (κ3) is 5.05. The second-order valence-electron chi connectivity index (χ2n) is 7.63. The fraction of sp³-hybridized carbons (Fsp3) is 0.667. The van der Waals surface area contributed by atoms with Gasteiger partial charge in [0.15, 0.2) is 0 Å². The first-order valence-electron chi connectivity index (χ1n) is 9.82. The minimum Gasteiger partial charge on any atom is -0.351 e. The minimum absolute atomic E-state index is 0.0846. The van der Waals surface area contributed by atoms with Gasteiger partial charge in [-0.1, -0.05) is 45.0 Å². The summed E-state index contributed by atoms with van der Waals surface area (Å²) in [5.74, 6) is 0.862. The lowest BCUT2D eigenvalue weighted by Gasteiger charge is -2.31. The summed E-state index contributed by atoms with van der Waals surface area (Å²) in [6.07, 6.45) is 4.17. The molecule has 3 N–H and O–H groups in total. The van der Waals surface area contributed by atoms with Gasteiger partial charge in [0.2, 0.25) is 5.91 Å². The number of likely N-dealkylation sites (tertiary alicyclic amines) is 1. The van der Waals surface area contributed by atoms with Crippen molar-refractivity contribution in [2.75, 3.05) is 19.6 Å².